The van der Waals surface area contributed by atoms with Crippen LogP contribution in [-0.4, -0.2) is 11.8 Å². The van der Waals surface area contributed by atoms with E-state index >= 15 is 0 Å². The van der Waals surface area contributed by atoms with Crippen molar-refractivity contribution in [1.82, 2.24) is 0 Å². The first-order valence-corrected chi connectivity index (χ1v) is 5.90. The fraction of sp³-hybridized carbons (Fsp3) is 0.364. The second kappa shape index (κ2) is 5.80. The average Bonchev–Trinajstić information content (AvgIpc) is 2.25. The van der Waals surface area contributed by atoms with Crippen LogP contribution < -0.4 is 5.32 Å². The van der Waals surface area contributed by atoms with Crippen molar-refractivity contribution >= 4 is 34.8 Å². The third-order valence-corrected chi connectivity index (χ3v) is 2.85. The molecule has 0 bridgehead atoms. The van der Waals surface area contributed by atoms with Crippen molar-refractivity contribution in [1.29, 1.82) is 0 Å². The minimum Gasteiger partial charge on any atom is -0.326 e. The van der Waals surface area contributed by atoms with Crippen molar-refractivity contribution in [2.75, 3.05) is 11.2 Å². The van der Waals surface area contributed by atoms with Crippen LogP contribution in [0, 0.1) is 5.92 Å². The van der Waals surface area contributed by atoms with Crippen molar-refractivity contribution in [2.45, 2.75) is 13.1 Å². The fourth-order valence-electron chi connectivity index (χ4n) is 1.16. The molecule has 0 spiro atoms. The number of carbonyl (C=O) groups excluding carboxylic acids is 1. The Bertz CT molecular complexity index is 448. The largest absolute Gasteiger partial charge is 0.416 e. The standard InChI is InChI=1S/C11H10Cl2F3NO/c1-6(5-12)10(18)17-9-3-7(11(14,15)16)2-8(13)4-9/h2-4,6H,5H2,1H3,(H,17,18). The minimum atomic E-state index is -4.51. The third kappa shape index (κ3) is 4.07. The molecule has 1 N–H and O–H groups in total. The van der Waals surface area contributed by atoms with Gasteiger partial charge in [-0.25, -0.2) is 0 Å². The summed E-state index contributed by atoms with van der Waals surface area (Å²) in [5.74, 6) is -0.876. The van der Waals surface area contributed by atoms with E-state index in [4.69, 9.17) is 23.2 Å². The van der Waals surface area contributed by atoms with Crippen molar-refractivity contribution in [3.8, 4) is 0 Å². The Morgan fingerprint density at radius 1 is 1.39 bits per heavy atom. The molecule has 1 unspecified atom stereocenters. The molecular weight excluding hydrogens is 290 g/mol. The summed E-state index contributed by atoms with van der Waals surface area (Å²) < 4.78 is 37.6. The highest BCUT2D eigenvalue weighted by atomic mass is 35.5. The molecule has 0 aromatic heterocycles. The average molecular weight is 300 g/mol. The van der Waals surface area contributed by atoms with Gasteiger partial charge in [-0.05, 0) is 18.2 Å². The first-order chi connectivity index (χ1) is 8.24. The van der Waals surface area contributed by atoms with Gasteiger partial charge in [-0.15, -0.1) is 11.6 Å². The molecule has 0 saturated carbocycles. The zero-order valence-electron chi connectivity index (χ0n) is 9.31. The summed E-state index contributed by atoms with van der Waals surface area (Å²) in [4.78, 5) is 11.5. The summed E-state index contributed by atoms with van der Waals surface area (Å²) in [5, 5.41) is 2.24. The predicted molar refractivity (Wildman–Crippen MR) is 65.0 cm³/mol. The number of alkyl halides is 4. The summed E-state index contributed by atoms with van der Waals surface area (Å²) >= 11 is 11.1. The lowest BCUT2D eigenvalue weighted by atomic mass is 10.1. The van der Waals surface area contributed by atoms with Gasteiger partial charge in [-0.3, -0.25) is 4.79 Å². The van der Waals surface area contributed by atoms with Gasteiger partial charge < -0.3 is 5.32 Å². The van der Waals surface area contributed by atoms with Crippen LogP contribution in [0.15, 0.2) is 18.2 Å². The lowest BCUT2D eigenvalue weighted by Crippen LogP contribution is -2.21. The Morgan fingerprint density at radius 2 is 2.00 bits per heavy atom. The van der Waals surface area contributed by atoms with Gasteiger partial charge in [0.05, 0.1) is 5.56 Å². The highest BCUT2D eigenvalue weighted by Gasteiger charge is 2.31. The number of hydrogen-bond donors (Lipinski definition) is 1. The van der Waals surface area contributed by atoms with E-state index in [0.29, 0.717) is 0 Å². The first kappa shape index (κ1) is 15.1. The number of nitrogens with one attached hydrogen (secondary N) is 1. The van der Waals surface area contributed by atoms with E-state index < -0.39 is 23.6 Å². The summed E-state index contributed by atoms with van der Waals surface area (Å²) in [7, 11) is 0. The molecule has 2 nitrogen and oxygen atoms in total. The zero-order chi connectivity index (χ0) is 13.9. The maximum absolute atomic E-state index is 12.5. The normalized spacial score (nSPS) is 13.2. The maximum atomic E-state index is 12.5. The van der Waals surface area contributed by atoms with Crippen LogP contribution in [-0.2, 0) is 11.0 Å². The Labute approximate surface area is 112 Å². The van der Waals surface area contributed by atoms with E-state index in [2.05, 4.69) is 5.32 Å². The zero-order valence-corrected chi connectivity index (χ0v) is 10.8. The summed E-state index contributed by atoms with van der Waals surface area (Å²) in [5.41, 5.74) is -0.916. The van der Waals surface area contributed by atoms with E-state index in [1.165, 1.54) is 6.07 Å². The van der Waals surface area contributed by atoms with E-state index in [1.54, 1.807) is 6.92 Å². The number of hydrogen-bond acceptors (Lipinski definition) is 1. The van der Waals surface area contributed by atoms with Crippen LogP contribution in [0.4, 0.5) is 18.9 Å². The summed E-state index contributed by atoms with van der Waals surface area (Å²) in [6, 6.07) is 2.86. The van der Waals surface area contributed by atoms with Crippen molar-refractivity contribution in [2.24, 2.45) is 5.92 Å². The first-order valence-electron chi connectivity index (χ1n) is 4.98. The highest BCUT2D eigenvalue weighted by Crippen LogP contribution is 2.33. The van der Waals surface area contributed by atoms with Gasteiger partial charge in [0.2, 0.25) is 5.91 Å². The second-order valence-electron chi connectivity index (χ2n) is 3.77. The quantitative estimate of drug-likeness (QED) is 0.834. The molecule has 0 radical (unpaired) electrons. The van der Waals surface area contributed by atoms with Crippen LogP contribution in [0.25, 0.3) is 0 Å². The number of amides is 1. The molecule has 1 rings (SSSR count). The van der Waals surface area contributed by atoms with Crippen LogP contribution in [0.1, 0.15) is 12.5 Å². The smallest absolute Gasteiger partial charge is 0.326 e. The summed E-state index contributed by atoms with van der Waals surface area (Å²) in [6.45, 7) is 1.57. The third-order valence-electron chi connectivity index (χ3n) is 2.17. The molecule has 1 aromatic carbocycles. The summed E-state index contributed by atoms with van der Waals surface area (Å²) in [6.07, 6.45) is -4.51. The molecule has 18 heavy (non-hydrogen) atoms. The Balaban J connectivity index is 2.97. The number of carbonyl (C=O) groups is 1. The van der Waals surface area contributed by atoms with Crippen LogP contribution >= 0.6 is 23.2 Å². The number of halogens is 5. The van der Waals surface area contributed by atoms with Crippen LogP contribution in [0.5, 0.6) is 0 Å². The van der Waals surface area contributed by atoms with Gasteiger partial charge in [0.1, 0.15) is 0 Å². The molecule has 0 aliphatic rings. The number of anilines is 1. The number of rotatable bonds is 3. The molecule has 0 saturated heterocycles. The van der Waals surface area contributed by atoms with Crippen molar-refractivity contribution in [3.05, 3.63) is 28.8 Å². The van der Waals surface area contributed by atoms with Crippen LogP contribution in [0.3, 0.4) is 0 Å². The lowest BCUT2D eigenvalue weighted by molar-refractivity contribution is -0.137. The van der Waals surface area contributed by atoms with Gasteiger partial charge in [0.15, 0.2) is 0 Å². The Hall–Kier alpha value is -0.940. The second-order valence-corrected chi connectivity index (χ2v) is 4.52. The van der Waals surface area contributed by atoms with Gasteiger partial charge in [-0.1, -0.05) is 18.5 Å². The molecule has 1 atom stereocenters. The molecule has 7 heteroatoms. The Morgan fingerprint density at radius 3 is 2.50 bits per heavy atom. The van der Waals surface area contributed by atoms with Crippen molar-refractivity contribution in [3.63, 3.8) is 0 Å². The van der Waals surface area contributed by atoms with Gasteiger partial charge in [0, 0.05) is 22.5 Å². The van der Waals surface area contributed by atoms with E-state index in [-0.39, 0.29) is 16.6 Å². The molecule has 100 valence electrons. The lowest BCUT2D eigenvalue weighted by Gasteiger charge is -2.12. The predicted octanol–water partition coefficient (Wildman–Crippen LogP) is 4.17. The topological polar surface area (TPSA) is 29.1 Å². The molecule has 0 heterocycles. The molecule has 0 aliphatic carbocycles. The van der Waals surface area contributed by atoms with E-state index in [9.17, 15) is 18.0 Å². The minimum absolute atomic E-state index is 0.00297. The van der Waals surface area contributed by atoms with Crippen molar-refractivity contribution < 1.29 is 18.0 Å². The van der Waals surface area contributed by atoms with Gasteiger partial charge in [0.25, 0.3) is 0 Å². The maximum Gasteiger partial charge on any atom is 0.416 e. The fourth-order valence-corrected chi connectivity index (χ4v) is 1.54. The molecular formula is C11H10Cl2F3NO. The molecule has 1 aromatic rings. The SMILES string of the molecule is CC(CCl)C(=O)Nc1cc(Cl)cc(C(F)(F)F)c1. The number of benzene rings is 1. The Kier molecular flexibility index (Phi) is 4.87. The van der Waals surface area contributed by atoms with Gasteiger partial charge >= 0.3 is 6.18 Å². The monoisotopic (exact) mass is 299 g/mol. The van der Waals surface area contributed by atoms with Crippen LogP contribution in [0.2, 0.25) is 5.02 Å². The van der Waals surface area contributed by atoms with Gasteiger partial charge in [-0.2, -0.15) is 13.2 Å². The molecule has 0 aliphatic heterocycles. The molecule has 0 fully saturated rings. The van der Waals surface area contributed by atoms with E-state index in [0.717, 1.165) is 12.1 Å². The highest BCUT2D eigenvalue weighted by molar-refractivity contribution is 6.31. The van der Waals surface area contributed by atoms with E-state index in [1.807, 2.05) is 0 Å². The molecule has 1 amide bonds.